The predicted octanol–water partition coefficient (Wildman–Crippen LogP) is 2.55. The van der Waals surface area contributed by atoms with E-state index in [9.17, 15) is 14.4 Å². The van der Waals surface area contributed by atoms with Crippen molar-refractivity contribution in [2.45, 2.75) is 13.3 Å². The van der Waals surface area contributed by atoms with Gasteiger partial charge in [0.15, 0.2) is 18.1 Å². The first-order valence-corrected chi connectivity index (χ1v) is 10.1. The summed E-state index contributed by atoms with van der Waals surface area (Å²) >= 11 is 0. The molecule has 32 heavy (non-hydrogen) atoms. The monoisotopic (exact) mass is 438 g/mol. The maximum Gasteiger partial charge on any atom is 0.338 e. The molecule has 2 N–H and O–H groups in total. The highest BCUT2D eigenvalue weighted by molar-refractivity contribution is 6.02. The number of amides is 3. The number of carbonyl (C=O) groups is 3. The molecule has 0 aliphatic carbocycles. The number of urea groups is 1. The second-order valence-electron chi connectivity index (χ2n) is 7.19. The van der Waals surface area contributed by atoms with Crippen molar-refractivity contribution >= 4 is 35.0 Å². The Morgan fingerprint density at radius 1 is 1.06 bits per heavy atom. The van der Waals surface area contributed by atoms with Crippen molar-refractivity contribution in [3.05, 3.63) is 48.0 Å². The summed E-state index contributed by atoms with van der Waals surface area (Å²) in [5.41, 5.74) is 2.64. The summed E-state index contributed by atoms with van der Waals surface area (Å²) in [5, 5.41) is 10.9. The lowest BCUT2D eigenvalue weighted by Crippen LogP contribution is -2.37. The lowest BCUT2D eigenvalue weighted by atomic mass is 10.2. The molecular weight excluding hydrogens is 416 g/mol. The SMILES string of the molecule is CC1=NN(c2ccc(C(=O)OCC(=O)NC(=O)Nc3ccc4c(c3)OCCO4)cc2)CC1. The van der Waals surface area contributed by atoms with Crippen LogP contribution in [0.3, 0.4) is 0 Å². The number of nitrogens with one attached hydrogen (secondary N) is 2. The topological polar surface area (TPSA) is 119 Å². The van der Waals surface area contributed by atoms with Crippen molar-refractivity contribution in [1.29, 1.82) is 0 Å². The van der Waals surface area contributed by atoms with Crippen LogP contribution in [0.4, 0.5) is 16.2 Å². The van der Waals surface area contributed by atoms with Crippen LogP contribution < -0.4 is 25.1 Å². The van der Waals surface area contributed by atoms with Crippen LogP contribution in [0.5, 0.6) is 11.5 Å². The molecule has 4 rings (SSSR count). The van der Waals surface area contributed by atoms with E-state index < -0.39 is 24.5 Å². The number of hydrogen-bond donors (Lipinski definition) is 2. The summed E-state index contributed by atoms with van der Waals surface area (Å²) in [6, 6.07) is 10.9. The Morgan fingerprint density at radius 3 is 2.53 bits per heavy atom. The highest BCUT2D eigenvalue weighted by Crippen LogP contribution is 2.32. The van der Waals surface area contributed by atoms with E-state index >= 15 is 0 Å². The van der Waals surface area contributed by atoms with E-state index in [4.69, 9.17) is 14.2 Å². The Morgan fingerprint density at radius 2 is 1.81 bits per heavy atom. The molecule has 3 amide bonds. The van der Waals surface area contributed by atoms with E-state index in [1.54, 1.807) is 42.5 Å². The van der Waals surface area contributed by atoms with E-state index in [1.807, 2.05) is 11.9 Å². The predicted molar refractivity (Wildman–Crippen MR) is 116 cm³/mol. The largest absolute Gasteiger partial charge is 0.486 e. The molecule has 2 aliphatic heterocycles. The molecule has 0 bridgehead atoms. The van der Waals surface area contributed by atoms with Gasteiger partial charge >= 0.3 is 12.0 Å². The van der Waals surface area contributed by atoms with Crippen molar-refractivity contribution in [3.8, 4) is 11.5 Å². The zero-order chi connectivity index (χ0) is 22.5. The number of anilines is 2. The number of imide groups is 1. The van der Waals surface area contributed by atoms with E-state index in [-0.39, 0.29) is 0 Å². The number of fused-ring (bicyclic) bond motifs is 1. The Bertz CT molecular complexity index is 1070. The normalized spacial score (nSPS) is 14.4. The van der Waals surface area contributed by atoms with Crippen molar-refractivity contribution in [2.75, 3.05) is 36.7 Å². The standard InChI is InChI=1S/C22H22N4O6/c1-14-8-9-26(25-14)17-5-2-15(3-6-17)21(28)32-13-20(27)24-22(29)23-16-4-7-18-19(12-16)31-11-10-30-18/h2-7,12H,8-11,13H2,1H3,(H2,23,24,27,29). The molecule has 0 spiro atoms. The molecule has 0 radical (unpaired) electrons. The number of nitrogens with zero attached hydrogens (tertiary/aromatic N) is 2. The highest BCUT2D eigenvalue weighted by Gasteiger charge is 2.17. The highest BCUT2D eigenvalue weighted by atomic mass is 16.6. The van der Waals surface area contributed by atoms with Gasteiger partial charge in [0.25, 0.3) is 5.91 Å². The number of benzene rings is 2. The van der Waals surface area contributed by atoms with Crippen LogP contribution >= 0.6 is 0 Å². The smallest absolute Gasteiger partial charge is 0.338 e. The fourth-order valence-corrected chi connectivity index (χ4v) is 3.19. The molecule has 0 unspecified atom stereocenters. The molecule has 0 saturated carbocycles. The molecule has 0 fully saturated rings. The maximum absolute atomic E-state index is 12.2. The Balaban J connectivity index is 1.23. The van der Waals surface area contributed by atoms with Crippen LogP contribution in [0.15, 0.2) is 47.6 Å². The third-order valence-corrected chi connectivity index (χ3v) is 4.77. The van der Waals surface area contributed by atoms with Crippen molar-refractivity contribution in [1.82, 2.24) is 5.32 Å². The fourth-order valence-electron chi connectivity index (χ4n) is 3.19. The first-order valence-electron chi connectivity index (χ1n) is 10.1. The average molecular weight is 438 g/mol. The third-order valence-electron chi connectivity index (χ3n) is 4.77. The van der Waals surface area contributed by atoms with Gasteiger partial charge in [-0.15, -0.1) is 0 Å². The van der Waals surface area contributed by atoms with E-state index in [0.29, 0.717) is 36.0 Å². The van der Waals surface area contributed by atoms with Gasteiger partial charge in [-0.25, -0.2) is 9.59 Å². The van der Waals surface area contributed by atoms with Crippen LogP contribution in [0.2, 0.25) is 0 Å². The minimum atomic E-state index is -0.758. The molecule has 2 heterocycles. The first-order chi connectivity index (χ1) is 15.5. The summed E-state index contributed by atoms with van der Waals surface area (Å²) in [6.07, 6.45) is 0.904. The Hall–Kier alpha value is -4.08. The lowest BCUT2D eigenvalue weighted by Gasteiger charge is -2.19. The van der Waals surface area contributed by atoms with Crippen LogP contribution in [0.1, 0.15) is 23.7 Å². The summed E-state index contributed by atoms with van der Waals surface area (Å²) in [5.74, 6) is -0.333. The fraction of sp³-hybridized carbons (Fsp3) is 0.273. The van der Waals surface area contributed by atoms with Gasteiger partial charge in [0.05, 0.1) is 11.3 Å². The van der Waals surface area contributed by atoms with E-state index in [2.05, 4.69) is 15.7 Å². The van der Waals surface area contributed by atoms with Gasteiger partial charge in [-0.1, -0.05) is 0 Å². The molecule has 0 aromatic heterocycles. The molecule has 2 aliphatic rings. The first kappa shape index (κ1) is 21.2. The molecule has 166 valence electrons. The number of esters is 1. The number of rotatable bonds is 5. The van der Waals surface area contributed by atoms with Gasteiger partial charge < -0.3 is 19.5 Å². The van der Waals surface area contributed by atoms with Crippen molar-refractivity contribution in [3.63, 3.8) is 0 Å². The summed E-state index contributed by atoms with van der Waals surface area (Å²) in [6.45, 7) is 3.05. The van der Waals surface area contributed by atoms with Crippen LogP contribution in [0, 0.1) is 0 Å². The second-order valence-corrected chi connectivity index (χ2v) is 7.19. The molecule has 0 atom stereocenters. The minimum Gasteiger partial charge on any atom is -0.486 e. The number of carbonyl (C=O) groups excluding carboxylic acids is 3. The Labute approximate surface area is 184 Å². The molecule has 2 aromatic carbocycles. The Kier molecular flexibility index (Phi) is 6.20. The number of hydrazone groups is 1. The lowest BCUT2D eigenvalue weighted by molar-refractivity contribution is -0.123. The molecule has 10 heteroatoms. The van der Waals surface area contributed by atoms with Gasteiger partial charge in [0.2, 0.25) is 0 Å². The van der Waals surface area contributed by atoms with Crippen LogP contribution in [0.25, 0.3) is 0 Å². The van der Waals surface area contributed by atoms with Crippen LogP contribution in [-0.4, -0.2) is 50.0 Å². The quantitative estimate of drug-likeness (QED) is 0.689. The zero-order valence-corrected chi connectivity index (χ0v) is 17.4. The van der Waals surface area contributed by atoms with E-state index in [1.165, 1.54) is 0 Å². The van der Waals surface area contributed by atoms with E-state index in [0.717, 1.165) is 24.4 Å². The molecule has 2 aromatic rings. The maximum atomic E-state index is 12.2. The van der Waals surface area contributed by atoms with Gasteiger partial charge in [0.1, 0.15) is 13.2 Å². The number of hydrogen-bond acceptors (Lipinski definition) is 8. The summed E-state index contributed by atoms with van der Waals surface area (Å²) < 4.78 is 15.8. The zero-order valence-electron chi connectivity index (χ0n) is 17.4. The minimum absolute atomic E-state index is 0.294. The van der Waals surface area contributed by atoms with Gasteiger partial charge in [-0.05, 0) is 43.3 Å². The second kappa shape index (κ2) is 9.38. The average Bonchev–Trinajstić information content (AvgIpc) is 3.23. The van der Waals surface area contributed by atoms with Crippen LogP contribution in [-0.2, 0) is 9.53 Å². The molecule has 10 nitrogen and oxygen atoms in total. The summed E-state index contributed by atoms with van der Waals surface area (Å²) in [7, 11) is 0. The van der Waals surface area contributed by atoms with Crippen molar-refractivity contribution < 1.29 is 28.6 Å². The van der Waals surface area contributed by atoms with Gasteiger partial charge in [-0.3, -0.25) is 15.1 Å². The molecule has 0 saturated heterocycles. The van der Waals surface area contributed by atoms with Gasteiger partial charge in [0, 0.05) is 30.4 Å². The van der Waals surface area contributed by atoms with Crippen molar-refractivity contribution in [2.24, 2.45) is 5.10 Å². The third kappa shape index (κ3) is 5.15. The van der Waals surface area contributed by atoms with Gasteiger partial charge in [-0.2, -0.15) is 5.10 Å². The number of ether oxygens (including phenoxy) is 3. The summed E-state index contributed by atoms with van der Waals surface area (Å²) in [4.78, 5) is 36.2. The molecular formula is C22H22N4O6.